The highest BCUT2D eigenvalue weighted by Crippen LogP contribution is 2.18. The van der Waals surface area contributed by atoms with Gasteiger partial charge in [-0.15, -0.1) is 0 Å². The molecule has 1 unspecified atom stereocenters. The molecule has 0 aliphatic carbocycles. The van der Waals surface area contributed by atoms with Crippen LogP contribution in [-0.4, -0.2) is 23.1 Å². The van der Waals surface area contributed by atoms with Crippen molar-refractivity contribution in [3.8, 4) is 0 Å². The molecule has 1 aliphatic rings. The van der Waals surface area contributed by atoms with Gasteiger partial charge >= 0.3 is 5.97 Å². The molecule has 0 fully saturated rings. The van der Waals surface area contributed by atoms with Crippen LogP contribution in [-0.2, 0) is 14.3 Å². The number of aliphatic hydroxyl groups excluding tert-OH is 1. The number of carbonyl (C=O) groups excluding carboxylic acids is 2. The molecule has 0 radical (unpaired) electrons. The number of unbranched alkanes of at least 4 members (excludes halogenated alkanes) is 4. The highest BCUT2D eigenvalue weighted by Gasteiger charge is 2.22. The van der Waals surface area contributed by atoms with Gasteiger partial charge in [-0.25, -0.2) is 4.79 Å². The van der Waals surface area contributed by atoms with Crippen LogP contribution in [0.25, 0.3) is 0 Å². The standard InChI is InChI=1S/C15H24O4/c1-2-3-4-5-6-9-13(16)10-7-8-12-11-14(17)19-15(12)18/h11,14,17H,2-10H2,1H3. The zero-order valence-electron chi connectivity index (χ0n) is 11.7. The Morgan fingerprint density at radius 1 is 1.21 bits per heavy atom. The Hall–Kier alpha value is -1.16. The van der Waals surface area contributed by atoms with Gasteiger partial charge in [0, 0.05) is 18.4 Å². The minimum atomic E-state index is -1.10. The molecule has 1 heterocycles. The second-order valence-electron chi connectivity index (χ2n) is 5.04. The van der Waals surface area contributed by atoms with Crippen LogP contribution in [0, 0.1) is 0 Å². The number of aliphatic hydroxyl groups is 1. The predicted molar refractivity (Wildman–Crippen MR) is 72.4 cm³/mol. The topological polar surface area (TPSA) is 63.6 Å². The molecule has 0 saturated heterocycles. The van der Waals surface area contributed by atoms with Crippen molar-refractivity contribution < 1.29 is 19.4 Å². The average Bonchev–Trinajstić information content (AvgIpc) is 2.68. The first kappa shape index (κ1) is 15.9. The van der Waals surface area contributed by atoms with E-state index in [1.165, 1.54) is 25.3 Å². The van der Waals surface area contributed by atoms with E-state index in [-0.39, 0.29) is 5.78 Å². The molecular formula is C15H24O4. The first-order chi connectivity index (χ1) is 9.13. The monoisotopic (exact) mass is 268 g/mol. The number of ether oxygens (including phenoxy) is 1. The summed E-state index contributed by atoms with van der Waals surface area (Å²) in [6, 6.07) is 0. The highest BCUT2D eigenvalue weighted by molar-refractivity contribution is 5.90. The van der Waals surface area contributed by atoms with E-state index < -0.39 is 12.3 Å². The minimum Gasteiger partial charge on any atom is -0.429 e. The Bertz CT molecular complexity index is 333. The Morgan fingerprint density at radius 3 is 2.53 bits per heavy atom. The molecule has 1 N–H and O–H groups in total. The van der Waals surface area contributed by atoms with Crippen molar-refractivity contribution in [1.29, 1.82) is 0 Å². The minimum absolute atomic E-state index is 0.268. The van der Waals surface area contributed by atoms with E-state index in [9.17, 15) is 9.59 Å². The van der Waals surface area contributed by atoms with Gasteiger partial charge in [-0.05, 0) is 25.3 Å². The summed E-state index contributed by atoms with van der Waals surface area (Å²) in [5, 5.41) is 9.08. The van der Waals surface area contributed by atoms with Crippen LogP contribution in [0.4, 0.5) is 0 Å². The first-order valence-electron chi connectivity index (χ1n) is 7.25. The number of hydrogen-bond acceptors (Lipinski definition) is 4. The van der Waals surface area contributed by atoms with Crippen molar-refractivity contribution >= 4 is 11.8 Å². The average molecular weight is 268 g/mol. The maximum Gasteiger partial charge on any atom is 0.336 e. The molecule has 0 amide bonds. The van der Waals surface area contributed by atoms with E-state index in [0.717, 1.165) is 12.8 Å². The van der Waals surface area contributed by atoms with E-state index in [0.29, 0.717) is 31.3 Å². The van der Waals surface area contributed by atoms with Gasteiger partial charge in [0.2, 0.25) is 6.29 Å². The molecule has 0 bridgehead atoms. The summed E-state index contributed by atoms with van der Waals surface area (Å²) in [6.45, 7) is 2.17. The van der Waals surface area contributed by atoms with Gasteiger partial charge in [0.05, 0.1) is 0 Å². The Balaban J connectivity index is 2.04. The van der Waals surface area contributed by atoms with Gasteiger partial charge in [-0.3, -0.25) is 4.79 Å². The third-order valence-corrected chi connectivity index (χ3v) is 3.29. The second-order valence-corrected chi connectivity index (χ2v) is 5.04. The van der Waals surface area contributed by atoms with Crippen molar-refractivity contribution in [3.63, 3.8) is 0 Å². The molecule has 4 nitrogen and oxygen atoms in total. The molecular weight excluding hydrogens is 244 g/mol. The highest BCUT2D eigenvalue weighted by atomic mass is 16.6. The molecule has 0 aromatic rings. The molecule has 0 spiro atoms. The zero-order chi connectivity index (χ0) is 14.1. The second kappa shape index (κ2) is 8.86. The van der Waals surface area contributed by atoms with Crippen molar-refractivity contribution in [2.24, 2.45) is 0 Å². The van der Waals surface area contributed by atoms with Crippen LogP contribution in [0.3, 0.4) is 0 Å². The van der Waals surface area contributed by atoms with Gasteiger partial charge in [-0.2, -0.15) is 0 Å². The number of Topliss-reactive ketones (excluding diaryl/α,β-unsaturated/α-hetero) is 1. The molecule has 4 heteroatoms. The van der Waals surface area contributed by atoms with Crippen LogP contribution in [0.2, 0.25) is 0 Å². The van der Waals surface area contributed by atoms with Gasteiger partial charge < -0.3 is 9.84 Å². The molecule has 0 aromatic carbocycles. The normalized spacial score (nSPS) is 18.3. The fourth-order valence-electron chi connectivity index (χ4n) is 2.17. The molecule has 108 valence electrons. The molecule has 19 heavy (non-hydrogen) atoms. The van der Waals surface area contributed by atoms with Crippen LogP contribution in [0.15, 0.2) is 11.6 Å². The molecule has 1 rings (SSSR count). The summed E-state index contributed by atoms with van der Waals surface area (Å²) in [5.74, 6) is -0.191. The van der Waals surface area contributed by atoms with Crippen LogP contribution in [0.5, 0.6) is 0 Å². The SMILES string of the molecule is CCCCCCCC(=O)CCCC1=CC(O)OC1=O. The maximum atomic E-state index is 11.6. The lowest BCUT2D eigenvalue weighted by molar-refractivity contribution is -0.151. The van der Waals surface area contributed by atoms with Gasteiger partial charge in [-0.1, -0.05) is 32.6 Å². The van der Waals surface area contributed by atoms with Crippen molar-refractivity contribution in [2.75, 3.05) is 0 Å². The van der Waals surface area contributed by atoms with Crippen molar-refractivity contribution in [2.45, 2.75) is 71.0 Å². The summed E-state index contributed by atoms with van der Waals surface area (Å²) in [4.78, 5) is 22.8. The number of carbonyl (C=O) groups is 2. The van der Waals surface area contributed by atoms with E-state index >= 15 is 0 Å². The Morgan fingerprint density at radius 2 is 1.89 bits per heavy atom. The lowest BCUT2D eigenvalue weighted by Gasteiger charge is -2.02. The van der Waals surface area contributed by atoms with Gasteiger partial charge in [0.15, 0.2) is 0 Å². The lowest BCUT2D eigenvalue weighted by Crippen LogP contribution is -2.06. The van der Waals surface area contributed by atoms with E-state index in [1.54, 1.807) is 0 Å². The third kappa shape index (κ3) is 6.53. The van der Waals surface area contributed by atoms with Crippen molar-refractivity contribution in [1.82, 2.24) is 0 Å². The van der Waals surface area contributed by atoms with Crippen LogP contribution >= 0.6 is 0 Å². The maximum absolute atomic E-state index is 11.6. The van der Waals surface area contributed by atoms with Crippen LogP contribution < -0.4 is 0 Å². The summed E-state index contributed by atoms with van der Waals surface area (Å²) < 4.78 is 4.57. The summed E-state index contributed by atoms with van der Waals surface area (Å²) in [6.07, 6.45) is 8.40. The van der Waals surface area contributed by atoms with E-state index in [1.807, 2.05) is 0 Å². The third-order valence-electron chi connectivity index (χ3n) is 3.29. The fourth-order valence-corrected chi connectivity index (χ4v) is 2.17. The van der Waals surface area contributed by atoms with E-state index in [2.05, 4.69) is 11.7 Å². The lowest BCUT2D eigenvalue weighted by atomic mass is 10.0. The molecule has 0 aromatic heterocycles. The summed E-state index contributed by atoms with van der Waals surface area (Å²) in [7, 11) is 0. The van der Waals surface area contributed by atoms with Gasteiger partial charge in [0.25, 0.3) is 0 Å². The Labute approximate surface area is 114 Å². The first-order valence-corrected chi connectivity index (χ1v) is 7.25. The number of esters is 1. The molecule has 1 atom stereocenters. The van der Waals surface area contributed by atoms with Gasteiger partial charge in [0.1, 0.15) is 5.78 Å². The molecule has 0 saturated carbocycles. The smallest absolute Gasteiger partial charge is 0.336 e. The van der Waals surface area contributed by atoms with Crippen molar-refractivity contribution in [3.05, 3.63) is 11.6 Å². The predicted octanol–water partition coefficient (Wildman–Crippen LogP) is 2.89. The molecule has 1 aliphatic heterocycles. The largest absolute Gasteiger partial charge is 0.429 e. The Kier molecular flexibility index (Phi) is 7.41. The fraction of sp³-hybridized carbons (Fsp3) is 0.733. The quantitative estimate of drug-likeness (QED) is 0.489. The summed E-state index contributed by atoms with van der Waals surface area (Å²) >= 11 is 0. The zero-order valence-corrected chi connectivity index (χ0v) is 11.7. The van der Waals surface area contributed by atoms with Crippen LogP contribution in [0.1, 0.15) is 64.7 Å². The number of cyclic esters (lactones) is 1. The van der Waals surface area contributed by atoms with E-state index in [4.69, 9.17) is 5.11 Å². The number of rotatable bonds is 10. The number of hydrogen-bond donors (Lipinski definition) is 1. The number of ketones is 1. The summed E-state index contributed by atoms with van der Waals surface area (Å²) in [5.41, 5.74) is 0.489.